The molecule has 0 spiro atoms. The number of benzene rings is 2. The minimum atomic E-state index is -1.79. The first-order valence-electron chi connectivity index (χ1n) is 10.2. The van der Waals surface area contributed by atoms with Crippen LogP contribution in [0.1, 0.15) is 18.6 Å². The predicted molar refractivity (Wildman–Crippen MR) is 115 cm³/mol. The zero-order valence-corrected chi connectivity index (χ0v) is 17.8. The number of esters is 1. The van der Waals surface area contributed by atoms with Gasteiger partial charge in [-0.2, -0.15) is 0 Å². The van der Waals surface area contributed by atoms with Crippen LogP contribution in [0.3, 0.4) is 0 Å². The summed E-state index contributed by atoms with van der Waals surface area (Å²) in [5.74, 6) is -1.88. The van der Waals surface area contributed by atoms with E-state index in [4.69, 9.17) is 13.9 Å². The van der Waals surface area contributed by atoms with Gasteiger partial charge in [-0.05, 0) is 24.3 Å². The average molecular weight is 474 g/mol. The van der Waals surface area contributed by atoms with Crippen molar-refractivity contribution in [2.24, 2.45) is 0 Å². The number of carbonyl (C=O) groups excluding carboxylic acids is 1. The SMILES string of the molecule is CC(=O)OC[C@H]1O[C@@H](c2c(O)cc(O)c3c(=O)cc(-c4ccc(O)cc4)oc23)[C@H](O)[C@@H](O)[C@@H]1O. The van der Waals surface area contributed by atoms with Crippen LogP contribution in [0.15, 0.2) is 45.6 Å². The molecule has 11 nitrogen and oxygen atoms in total. The van der Waals surface area contributed by atoms with Crippen LogP contribution in [-0.2, 0) is 14.3 Å². The molecule has 0 aliphatic carbocycles. The van der Waals surface area contributed by atoms with Gasteiger partial charge in [0.05, 0.1) is 5.56 Å². The number of ether oxygens (including phenoxy) is 2. The third-order valence-electron chi connectivity index (χ3n) is 5.60. The Morgan fingerprint density at radius 2 is 1.65 bits per heavy atom. The summed E-state index contributed by atoms with van der Waals surface area (Å²) in [6.07, 6.45) is -8.02. The Bertz CT molecular complexity index is 1280. The van der Waals surface area contributed by atoms with Crippen molar-refractivity contribution >= 4 is 16.9 Å². The maximum atomic E-state index is 12.8. The molecule has 11 heteroatoms. The van der Waals surface area contributed by atoms with E-state index in [1.165, 1.54) is 24.3 Å². The molecule has 34 heavy (non-hydrogen) atoms. The second-order valence-corrected chi connectivity index (χ2v) is 7.92. The molecule has 0 amide bonds. The largest absolute Gasteiger partial charge is 0.508 e. The maximum absolute atomic E-state index is 12.8. The smallest absolute Gasteiger partial charge is 0.302 e. The molecule has 2 aromatic carbocycles. The first kappa shape index (κ1) is 23.5. The normalized spacial score (nSPS) is 24.8. The zero-order valence-electron chi connectivity index (χ0n) is 17.8. The van der Waals surface area contributed by atoms with E-state index in [0.29, 0.717) is 5.56 Å². The molecule has 0 radical (unpaired) electrons. The molecule has 1 aliphatic heterocycles. The van der Waals surface area contributed by atoms with Crippen molar-refractivity contribution in [2.45, 2.75) is 37.4 Å². The van der Waals surface area contributed by atoms with Crippen LogP contribution >= 0.6 is 0 Å². The molecular formula is C23H22O11. The molecule has 2 heterocycles. The van der Waals surface area contributed by atoms with Crippen molar-refractivity contribution < 1.29 is 49.3 Å². The highest BCUT2D eigenvalue weighted by Gasteiger charge is 2.46. The van der Waals surface area contributed by atoms with E-state index in [9.17, 15) is 40.2 Å². The number of rotatable bonds is 4. The number of aromatic hydroxyl groups is 3. The molecule has 1 aliphatic rings. The highest BCUT2D eigenvalue weighted by Crippen LogP contribution is 2.43. The summed E-state index contributed by atoms with van der Waals surface area (Å²) < 4.78 is 16.4. The molecule has 180 valence electrons. The summed E-state index contributed by atoms with van der Waals surface area (Å²) in [6, 6.07) is 7.66. The lowest BCUT2D eigenvalue weighted by Crippen LogP contribution is -2.55. The van der Waals surface area contributed by atoms with Gasteiger partial charge >= 0.3 is 5.97 Å². The fraction of sp³-hybridized carbons (Fsp3) is 0.304. The lowest BCUT2D eigenvalue weighted by molar-refractivity contribution is -0.234. The molecule has 1 saturated heterocycles. The van der Waals surface area contributed by atoms with Crippen molar-refractivity contribution in [1.82, 2.24) is 0 Å². The Hall–Kier alpha value is -3.64. The van der Waals surface area contributed by atoms with E-state index >= 15 is 0 Å². The van der Waals surface area contributed by atoms with E-state index in [-0.39, 0.29) is 28.0 Å². The summed E-state index contributed by atoms with van der Waals surface area (Å²) in [5.41, 5.74) is -0.881. The van der Waals surface area contributed by atoms with Crippen LogP contribution in [0.4, 0.5) is 0 Å². The highest BCUT2D eigenvalue weighted by atomic mass is 16.6. The Balaban J connectivity index is 1.89. The molecule has 6 N–H and O–H groups in total. The number of hydrogen-bond donors (Lipinski definition) is 6. The Kier molecular flexibility index (Phi) is 6.19. The topological polar surface area (TPSA) is 187 Å². The van der Waals surface area contributed by atoms with Crippen LogP contribution in [0.25, 0.3) is 22.3 Å². The number of carbonyl (C=O) groups is 1. The van der Waals surface area contributed by atoms with E-state index in [1.807, 2.05) is 0 Å². The third kappa shape index (κ3) is 4.17. The lowest BCUT2D eigenvalue weighted by Gasteiger charge is -2.40. The van der Waals surface area contributed by atoms with Gasteiger partial charge in [0, 0.05) is 24.6 Å². The van der Waals surface area contributed by atoms with Crippen LogP contribution in [0.2, 0.25) is 0 Å². The second-order valence-electron chi connectivity index (χ2n) is 7.92. The molecule has 0 saturated carbocycles. The van der Waals surface area contributed by atoms with Crippen LogP contribution < -0.4 is 5.43 Å². The number of aliphatic hydroxyl groups is 3. The zero-order chi connectivity index (χ0) is 24.7. The van der Waals surface area contributed by atoms with Crippen LogP contribution in [0, 0.1) is 0 Å². The van der Waals surface area contributed by atoms with E-state index < -0.39 is 60.0 Å². The standard InChI is InChI=1S/C23H22O11/c1-9(24)32-8-16-19(29)20(30)21(31)23(34-16)18-13(27)6-12(26)17-14(28)7-15(33-22(17)18)10-2-4-11(25)5-3-10/h2-7,16,19-21,23,25-27,29-31H,8H2,1H3/t16-,19-,20+,21-,23+/m1/s1. The minimum absolute atomic E-state index is 0.0195. The minimum Gasteiger partial charge on any atom is -0.508 e. The summed E-state index contributed by atoms with van der Waals surface area (Å²) in [5, 5.41) is 61.4. The molecule has 4 rings (SSSR count). The van der Waals surface area contributed by atoms with Gasteiger partial charge in [0.2, 0.25) is 0 Å². The fourth-order valence-electron chi connectivity index (χ4n) is 3.89. The van der Waals surface area contributed by atoms with Crippen molar-refractivity contribution in [1.29, 1.82) is 0 Å². The van der Waals surface area contributed by atoms with Crippen molar-refractivity contribution in [3.63, 3.8) is 0 Å². The Morgan fingerprint density at radius 1 is 0.971 bits per heavy atom. The number of phenolic OH excluding ortho intramolecular Hbond substituents is 3. The summed E-state index contributed by atoms with van der Waals surface area (Å²) in [6.45, 7) is 0.674. The summed E-state index contributed by atoms with van der Waals surface area (Å²) >= 11 is 0. The fourth-order valence-corrected chi connectivity index (χ4v) is 3.89. The predicted octanol–water partition coefficient (Wildman–Crippen LogP) is 0.662. The Morgan fingerprint density at radius 3 is 2.29 bits per heavy atom. The lowest BCUT2D eigenvalue weighted by atomic mass is 9.89. The number of hydrogen-bond acceptors (Lipinski definition) is 11. The van der Waals surface area contributed by atoms with Crippen molar-refractivity contribution in [3.05, 3.63) is 52.2 Å². The molecule has 3 aromatic rings. The van der Waals surface area contributed by atoms with Gasteiger partial charge in [-0.1, -0.05) is 0 Å². The van der Waals surface area contributed by atoms with Crippen molar-refractivity contribution in [3.8, 4) is 28.6 Å². The molecule has 0 unspecified atom stereocenters. The van der Waals surface area contributed by atoms with Crippen LogP contribution in [-0.4, -0.2) is 67.6 Å². The first-order valence-corrected chi connectivity index (χ1v) is 10.2. The number of fused-ring (bicyclic) bond motifs is 1. The Labute approximate surface area is 191 Å². The van der Waals surface area contributed by atoms with Gasteiger partial charge in [-0.15, -0.1) is 0 Å². The molecule has 1 fully saturated rings. The van der Waals surface area contributed by atoms with Crippen LogP contribution in [0.5, 0.6) is 17.2 Å². The summed E-state index contributed by atoms with van der Waals surface area (Å²) in [7, 11) is 0. The average Bonchev–Trinajstić information content (AvgIpc) is 2.78. The molecule has 5 atom stereocenters. The molecule has 1 aromatic heterocycles. The maximum Gasteiger partial charge on any atom is 0.302 e. The van der Waals surface area contributed by atoms with E-state index in [0.717, 1.165) is 19.1 Å². The second kappa shape index (κ2) is 8.95. The van der Waals surface area contributed by atoms with Gasteiger partial charge in [0.1, 0.15) is 65.5 Å². The number of phenols is 3. The van der Waals surface area contributed by atoms with Gasteiger partial charge in [0.25, 0.3) is 0 Å². The van der Waals surface area contributed by atoms with Gasteiger partial charge in [-0.25, -0.2) is 0 Å². The number of aliphatic hydroxyl groups excluding tert-OH is 3. The molecule has 0 bridgehead atoms. The quantitative estimate of drug-likeness (QED) is 0.292. The summed E-state index contributed by atoms with van der Waals surface area (Å²) in [4.78, 5) is 24.0. The van der Waals surface area contributed by atoms with Crippen molar-refractivity contribution in [2.75, 3.05) is 6.61 Å². The van der Waals surface area contributed by atoms with Gasteiger partial charge in [-0.3, -0.25) is 9.59 Å². The third-order valence-corrected chi connectivity index (χ3v) is 5.60. The highest BCUT2D eigenvalue weighted by molar-refractivity contribution is 5.89. The van der Waals surface area contributed by atoms with Gasteiger partial charge in [0.15, 0.2) is 11.0 Å². The molecular weight excluding hydrogens is 452 g/mol. The van der Waals surface area contributed by atoms with Gasteiger partial charge < -0.3 is 44.5 Å². The van der Waals surface area contributed by atoms with E-state index in [2.05, 4.69) is 0 Å². The van der Waals surface area contributed by atoms with E-state index in [1.54, 1.807) is 0 Å². The first-order chi connectivity index (χ1) is 16.1. The monoisotopic (exact) mass is 474 g/mol.